The van der Waals surface area contributed by atoms with E-state index in [1.54, 1.807) is 16.7 Å². The number of carbonyl (C=O) groups excluding carboxylic acids is 2. The molecule has 3 atom stereocenters. The number of benzene rings is 1. The van der Waals surface area contributed by atoms with Gasteiger partial charge in [0.05, 0.1) is 17.4 Å². The number of aliphatic carboxylic acids is 1. The van der Waals surface area contributed by atoms with Crippen molar-refractivity contribution in [1.82, 2.24) is 9.80 Å². The van der Waals surface area contributed by atoms with Gasteiger partial charge in [0.15, 0.2) is 0 Å². The smallest absolute Gasteiger partial charge is 0.311 e. The SMILES string of the molecule is C[C@H](c1ccccc1)N1C[C@H](C(=O)N2CC[C@@](C)(C(=O)O)C2)CC1=O. The summed E-state index contributed by atoms with van der Waals surface area (Å²) in [5, 5.41) is 9.32. The summed E-state index contributed by atoms with van der Waals surface area (Å²) in [5.41, 5.74) is 0.165. The van der Waals surface area contributed by atoms with E-state index in [1.807, 2.05) is 37.3 Å². The van der Waals surface area contributed by atoms with E-state index in [0.29, 0.717) is 19.5 Å². The molecule has 6 nitrogen and oxygen atoms in total. The van der Waals surface area contributed by atoms with Crippen LogP contribution in [0.3, 0.4) is 0 Å². The molecule has 3 rings (SSSR count). The van der Waals surface area contributed by atoms with Gasteiger partial charge < -0.3 is 14.9 Å². The van der Waals surface area contributed by atoms with Crippen LogP contribution in [0.5, 0.6) is 0 Å². The Balaban J connectivity index is 1.66. The first-order chi connectivity index (χ1) is 11.8. The molecule has 1 aromatic rings. The molecule has 2 amide bonds. The highest BCUT2D eigenvalue weighted by molar-refractivity contribution is 5.90. The molecule has 2 heterocycles. The van der Waals surface area contributed by atoms with Crippen LogP contribution in [0.4, 0.5) is 0 Å². The number of likely N-dealkylation sites (tertiary alicyclic amines) is 2. The third-order valence-corrected chi connectivity index (χ3v) is 5.56. The second-order valence-electron chi connectivity index (χ2n) is 7.41. The highest BCUT2D eigenvalue weighted by Gasteiger charge is 2.45. The topological polar surface area (TPSA) is 77.9 Å². The van der Waals surface area contributed by atoms with Gasteiger partial charge >= 0.3 is 5.97 Å². The second kappa shape index (κ2) is 6.50. The maximum atomic E-state index is 12.8. The number of carbonyl (C=O) groups is 3. The summed E-state index contributed by atoms with van der Waals surface area (Å²) in [6.45, 7) is 4.71. The average Bonchev–Trinajstić information content (AvgIpc) is 3.19. The Kier molecular flexibility index (Phi) is 4.54. The van der Waals surface area contributed by atoms with Crippen molar-refractivity contribution in [2.24, 2.45) is 11.3 Å². The third-order valence-electron chi connectivity index (χ3n) is 5.56. The van der Waals surface area contributed by atoms with E-state index in [1.165, 1.54) is 0 Å². The summed E-state index contributed by atoms with van der Waals surface area (Å²) in [7, 11) is 0. The summed E-state index contributed by atoms with van der Waals surface area (Å²) in [6, 6.07) is 9.69. The molecule has 0 saturated carbocycles. The fourth-order valence-corrected chi connectivity index (χ4v) is 3.76. The second-order valence-corrected chi connectivity index (χ2v) is 7.41. The first kappa shape index (κ1) is 17.5. The van der Waals surface area contributed by atoms with Crippen LogP contribution in [-0.2, 0) is 14.4 Å². The van der Waals surface area contributed by atoms with Crippen molar-refractivity contribution in [2.45, 2.75) is 32.7 Å². The van der Waals surface area contributed by atoms with Crippen LogP contribution >= 0.6 is 0 Å². The normalized spacial score (nSPS) is 27.6. The van der Waals surface area contributed by atoms with E-state index in [2.05, 4.69) is 0 Å². The lowest BCUT2D eigenvalue weighted by Gasteiger charge is -2.26. The quantitative estimate of drug-likeness (QED) is 0.905. The lowest BCUT2D eigenvalue weighted by molar-refractivity contribution is -0.147. The van der Waals surface area contributed by atoms with Gasteiger partial charge in [-0.3, -0.25) is 14.4 Å². The van der Waals surface area contributed by atoms with Gasteiger partial charge in [-0.05, 0) is 25.8 Å². The molecule has 0 unspecified atom stereocenters. The third kappa shape index (κ3) is 3.25. The molecule has 25 heavy (non-hydrogen) atoms. The van der Waals surface area contributed by atoms with Crippen molar-refractivity contribution in [2.75, 3.05) is 19.6 Å². The van der Waals surface area contributed by atoms with Crippen LogP contribution in [0.15, 0.2) is 30.3 Å². The van der Waals surface area contributed by atoms with Gasteiger partial charge in [0.1, 0.15) is 0 Å². The molecule has 2 saturated heterocycles. The fourth-order valence-electron chi connectivity index (χ4n) is 3.76. The molecule has 2 aliphatic heterocycles. The summed E-state index contributed by atoms with van der Waals surface area (Å²) in [5.74, 6) is -1.37. The summed E-state index contributed by atoms with van der Waals surface area (Å²) in [4.78, 5) is 39.9. The van der Waals surface area contributed by atoms with E-state index in [4.69, 9.17) is 0 Å². The summed E-state index contributed by atoms with van der Waals surface area (Å²) in [6.07, 6.45) is 0.662. The maximum Gasteiger partial charge on any atom is 0.311 e. The zero-order valence-corrected chi connectivity index (χ0v) is 14.6. The predicted octanol–water partition coefficient (Wildman–Crippen LogP) is 1.92. The number of hydrogen-bond donors (Lipinski definition) is 1. The Labute approximate surface area is 147 Å². The minimum atomic E-state index is -0.880. The fraction of sp³-hybridized carbons (Fsp3) is 0.526. The lowest BCUT2D eigenvalue weighted by Crippen LogP contribution is -2.39. The molecular weight excluding hydrogens is 320 g/mol. The van der Waals surface area contributed by atoms with Gasteiger partial charge in [-0.15, -0.1) is 0 Å². The van der Waals surface area contributed by atoms with Crippen LogP contribution in [-0.4, -0.2) is 52.3 Å². The Morgan fingerprint density at radius 3 is 2.56 bits per heavy atom. The average molecular weight is 344 g/mol. The number of hydrogen-bond acceptors (Lipinski definition) is 3. The maximum absolute atomic E-state index is 12.8. The van der Waals surface area contributed by atoms with Crippen LogP contribution in [0.25, 0.3) is 0 Å². The standard InChI is InChI=1S/C19H24N2O4/c1-13(14-6-4-3-5-7-14)21-11-15(10-16(21)22)17(23)20-9-8-19(2,12-20)18(24)25/h3-7,13,15H,8-12H2,1-2H3,(H,24,25)/t13-,15-,19-/m1/s1. The Hall–Kier alpha value is -2.37. The molecular formula is C19H24N2O4. The Morgan fingerprint density at radius 1 is 1.28 bits per heavy atom. The monoisotopic (exact) mass is 344 g/mol. The van der Waals surface area contributed by atoms with E-state index in [0.717, 1.165) is 5.56 Å². The van der Waals surface area contributed by atoms with Crippen molar-refractivity contribution in [3.63, 3.8) is 0 Å². The molecule has 0 aliphatic carbocycles. The first-order valence-corrected chi connectivity index (χ1v) is 8.68. The Morgan fingerprint density at radius 2 is 1.96 bits per heavy atom. The number of carboxylic acid groups (broad SMARTS) is 1. The van der Waals surface area contributed by atoms with Crippen LogP contribution in [0.1, 0.15) is 38.3 Å². The van der Waals surface area contributed by atoms with Gasteiger partial charge in [-0.1, -0.05) is 30.3 Å². The first-order valence-electron chi connectivity index (χ1n) is 8.68. The molecule has 0 aromatic heterocycles. The molecule has 2 fully saturated rings. The highest BCUT2D eigenvalue weighted by Crippen LogP contribution is 2.34. The van der Waals surface area contributed by atoms with Crippen molar-refractivity contribution in [1.29, 1.82) is 0 Å². The van der Waals surface area contributed by atoms with Gasteiger partial charge in [-0.25, -0.2) is 0 Å². The molecule has 0 radical (unpaired) electrons. The predicted molar refractivity (Wildman–Crippen MR) is 91.6 cm³/mol. The van der Waals surface area contributed by atoms with Crippen LogP contribution < -0.4 is 0 Å². The van der Waals surface area contributed by atoms with Crippen molar-refractivity contribution >= 4 is 17.8 Å². The van der Waals surface area contributed by atoms with Crippen molar-refractivity contribution in [3.05, 3.63) is 35.9 Å². The molecule has 1 aromatic carbocycles. The minimum absolute atomic E-state index is 0.0186. The van der Waals surface area contributed by atoms with Gasteiger partial charge in [0.2, 0.25) is 11.8 Å². The van der Waals surface area contributed by atoms with Gasteiger partial charge in [0, 0.05) is 26.1 Å². The van der Waals surface area contributed by atoms with E-state index < -0.39 is 11.4 Å². The summed E-state index contributed by atoms with van der Waals surface area (Å²) >= 11 is 0. The molecule has 0 spiro atoms. The van der Waals surface area contributed by atoms with Crippen LogP contribution in [0.2, 0.25) is 0 Å². The van der Waals surface area contributed by atoms with Crippen LogP contribution in [0, 0.1) is 11.3 Å². The number of nitrogens with zero attached hydrogens (tertiary/aromatic N) is 2. The number of amides is 2. The molecule has 2 aliphatic rings. The highest BCUT2D eigenvalue weighted by atomic mass is 16.4. The molecule has 0 bridgehead atoms. The molecule has 1 N–H and O–H groups in total. The summed E-state index contributed by atoms with van der Waals surface area (Å²) < 4.78 is 0. The van der Waals surface area contributed by atoms with Gasteiger partial charge in [0.25, 0.3) is 0 Å². The van der Waals surface area contributed by atoms with Crippen molar-refractivity contribution in [3.8, 4) is 0 Å². The Bertz CT molecular complexity index is 690. The number of carboxylic acids is 1. The zero-order valence-electron chi connectivity index (χ0n) is 14.6. The number of rotatable bonds is 4. The molecule has 134 valence electrons. The largest absolute Gasteiger partial charge is 0.481 e. The van der Waals surface area contributed by atoms with Crippen molar-refractivity contribution < 1.29 is 19.5 Å². The van der Waals surface area contributed by atoms with E-state index in [9.17, 15) is 19.5 Å². The van der Waals surface area contributed by atoms with E-state index >= 15 is 0 Å². The van der Waals surface area contributed by atoms with Gasteiger partial charge in [-0.2, -0.15) is 0 Å². The molecule has 6 heteroatoms. The van der Waals surface area contributed by atoms with E-state index in [-0.39, 0.29) is 36.7 Å². The minimum Gasteiger partial charge on any atom is -0.481 e. The zero-order chi connectivity index (χ0) is 18.2. The lowest BCUT2D eigenvalue weighted by atomic mass is 9.90.